The number of hydrogen-bond donors (Lipinski definition) is 1. The zero-order chi connectivity index (χ0) is 19.0. The maximum atomic E-state index is 12.7. The molecule has 0 saturated carbocycles. The molecule has 0 aliphatic carbocycles. The molecule has 1 N–H and O–H groups in total. The third kappa shape index (κ3) is 3.51. The highest BCUT2D eigenvalue weighted by Gasteiger charge is 2.29. The highest BCUT2D eigenvalue weighted by molar-refractivity contribution is 5.93. The third-order valence-corrected chi connectivity index (χ3v) is 5.43. The molecule has 2 aliphatic heterocycles. The Kier molecular flexibility index (Phi) is 4.78. The quantitative estimate of drug-likeness (QED) is 0.896. The fourth-order valence-electron chi connectivity index (χ4n) is 3.98. The van der Waals surface area contributed by atoms with Crippen molar-refractivity contribution in [3.05, 3.63) is 35.2 Å². The molecule has 1 saturated heterocycles. The Morgan fingerprint density at radius 1 is 1.26 bits per heavy atom. The Morgan fingerprint density at radius 3 is 2.78 bits per heavy atom. The van der Waals surface area contributed by atoms with Crippen molar-refractivity contribution in [3.63, 3.8) is 0 Å². The number of aromatic nitrogens is 2. The second-order valence-corrected chi connectivity index (χ2v) is 7.25. The van der Waals surface area contributed by atoms with E-state index in [9.17, 15) is 4.79 Å². The van der Waals surface area contributed by atoms with Crippen LogP contribution in [-0.2, 0) is 11.8 Å². The van der Waals surface area contributed by atoms with Crippen LogP contribution in [0, 0.1) is 13.8 Å². The van der Waals surface area contributed by atoms with Gasteiger partial charge < -0.3 is 14.8 Å². The van der Waals surface area contributed by atoms with E-state index >= 15 is 0 Å². The average molecular weight is 370 g/mol. The van der Waals surface area contributed by atoms with Gasteiger partial charge in [-0.05, 0) is 50.9 Å². The Hall–Kier alpha value is -2.54. The molecule has 1 atom stereocenters. The summed E-state index contributed by atoms with van der Waals surface area (Å²) in [7, 11) is 1.89. The second kappa shape index (κ2) is 7.23. The van der Waals surface area contributed by atoms with Crippen molar-refractivity contribution in [2.75, 3.05) is 31.6 Å². The predicted molar refractivity (Wildman–Crippen MR) is 102 cm³/mol. The summed E-state index contributed by atoms with van der Waals surface area (Å²) < 4.78 is 13.1. The average Bonchev–Trinajstić information content (AvgIpc) is 3.21. The predicted octanol–water partition coefficient (Wildman–Crippen LogP) is 2.58. The maximum Gasteiger partial charge on any atom is 0.238 e. The number of ether oxygens (including phenoxy) is 2. The van der Waals surface area contributed by atoms with Gasteiger partial charge in [0.05, 0.1) is 23.6 Å². The molecule has 2 aromatic rings. The lowest BCUT2D eigenvalue weighted by Crippen LogP contribution is -2.33. The van der Waals surface area contributed by atoms with Crippen molar-refractivity contribution in [2.45, 2.75) is 32.7 Å². The molecule has 1 amide bonds. The Labute approximate surface area is 159 Å². The minimum Gasteiger partial charge on any atom is -0.486 e. The number of amides is 1. The van der Waals surface area contributed by atoms with Crippen LogP contribution in [0.25, 0.3) is 0 Å². The zero-order valence-electron chi connectivity index (χ0n) is 16.1. The van der Waals surface area contributed by atoms with Gasteiger partial charge in [0.2, 0.25) is 5.91 Å². The molecule has 144 valence electrons. The minimum absolute atomic E-state index is 0.00126. The van der Waals surface area contributed by atoms with Crippen molar-refractivity contribution in [2.24, 2.45) is 7.05 Å². The van der Waals surface area contributed by atoms with Gasteiger partial charge in [0.1, 0.15) is 13.2 Å². The molecule has 0 radical (unpaired) electrons. The van der Waals surface area contributed by atoms with Crippen molar-refractivity contribution >= 4 is 11.6 Å². The summed E-state index contributed by atoms with van der Waals surface area (Å²) in [5.74, 6) is 1.60. The molecule has 2 aliphatic rings. The monoisotopic (exact) mass is 370 g/mol. The first kappa shape index (κ1) is 17.9. The molecule has 1 aromatic carbocycles. The van der Waals surface area contributed by atoms with Gasteiger partial charge in [-0.15, -0.1) is 0 Å². The van der Waals surface area contributed by atoms with E-state index in [0.29, 0.717) is 19.8 Å². The van der Waals surface area contributed by atoms with Gasteiger partial charge in [-0.25, -0.2) is 0 Å². The van der Waals surface area contributed by atoms with Crippen molar-refractivity contribution in [1.82, 2.24) is 14.7 Å². The first-order valence-corrected chi connectivity index (χ1v) is 9.46. The summed E-state index contributed by atoms with van der Waals surface area (Å²) in [5, 5.41) is 7.40. The first-order chi connectivity index (χ1) is 13.0. The first-order valence-electron chi connectivity index (χ1n) is 9.46. The smallest absolute Gasteiger partial charge is 0.238 e. The zero-order valence-corrected chi connectivity index (χ0v) is 16.1. The Balaban J connectivity index is 1.46. The van der Waals surface area contributed by atoms with Crippen LogP contribution < -0.4 is 14.8 Å². The van der Waals surface area contributed by atoms with Crippen LogP contribution in [-0.4, -0.2) is 46.9 Å². The molecule has 7 nitrogen and oxygen atoms in total. The van der Waals surface area contributed by atoms with Gasteiger partial charge in [0.15, 0.2) is 11.5 Å². The fourth-order valence-corrected chi connectivity index (χ4v) is 3.98. The van der Waals surface area contributed by atoms with E-state index in [-0.39, 0.29) is 11.9 Å². The molecule has 4 rings (SSSR count). The number of anilines is 1. The number of nitrogens with one attached hydrogen (secondary N) is 1. The largest absolute Gasteiger partial charge is 0.486 e. The number of fused-ring (bicyclic) bond motifs is 1. The minimum atomic E-state index is -0.00126. The molecule has 0 unspecified atom stereocenters. The molecular weight excluding hydrogens is 344 g/mol. The number of aryl methyl sites for hydroxylation is 2. The summed E-state index contributed by atoms with van der Waals surface area (Å²) in [6.45, 7) is 6.33. The molecule has 0 bridgehead atoms. The van der Waals surface area contributed by atoms with E-state index in [4.69, 9.17) is 9.47 Å². The molecular formula is C20H26N4O3. The van der Waals surface area contributed by atoms with Crippen molar-refractivity contribution in [3.8, 4) is 11.5 Å². The lowest BCUT2D eigenvalue weighted by atomic mass is 10.0. The van der Waals surface area contributed by atoms with Gasteiger partial charge in [-0.3, -0.25) is 14.4 Å². The molecule has 1 aromatic heterocycles. The fraction of sp³-hybridized carbons (Fsp3) is 0.500. The van der Waals surface area contributed by atoms with Crippen LogP contribution in [0.5, 0.6) is 11.5 Å². The van der Waals surface area contributed by atoms with E-state index in [1.54, 1.807) is 4.68 Å². The lowest BCUT2D eigenvalue weighted by molar-refractivity contribution is -0.117. The number of benzene rings is 1. The summed E-state index contributed by atoms with van der Waals surface area (Å²) in [6, 6.07) is 6.35. The number of carbonyl (C=O) groups excluding carboxylic acids is 1. The topological polar surface area (TPSA) is 68.6 Å². The maximum absolute atomic E-state index is 12.7. The number of likely N-dealkylation sites (tertiary alicyclic amines) is 1. The van der Waals surface area contributed by atoms with Gasteiger partial charge in [0.25, 0.3) is 0 Å². The van der Waals surface area contributed by atoms with Crippen LogP contribution >= 0.6 is 0 Å². The Morgan fingerprint density at radius 2 is 2.04 bits per heavy atom. The van der Waals surface area contributed by atoms with Crippen molar-refractivity contribution < 1.29 is 14.3 Å². The molecule has 27 heavy (non-hydrogen) atoms. The summed E-state index contributed by atoms with van der Waals surface area (Å²) in [4.78, 5) is 14.9. The van der Waals surface area contributed by atoms with Gasteiger partial charge >= 0.3 is 0 Å². The number of nitrogens with zero attached hydrogens (tertiary/aromatic N) is 3. The van der Waals surface area contributed by atoms with E-state index in [0.717, 1.165) is 48.0 Å². The van der Waals surface area contributed by atoms with Gasteiger partial charge in [-0.2, -0.15) is 5.10 Å². The van der Waals surface area contributed by atoms with Crippen LogP contribution in [0.1, 0.15) is 35.8 Å². The third-order valence-electron chi connectivity index (χ3n) is 5.43. The number of carbonyl (C=O) groups is 1. The van der Waals surface area contributed by atoms with E-state index in [2.05, 4.69) is 27.4 Å². The van der Waals surface area contributed by atoms with Crippen LogP contribution in [0.3, 0.4) is 0 Å². The van der Waals surface area contributed by atoms with Gasteiger partial charge in [0, 0.05) is 13.1 Å². The highest BCUT2D eigenvalue weighted by atomic mass is 16.6. The Bertz CT molecular complexity index is 861. The van der Waals surface area contributed by atoms with Crippen LogP contribution in [0.4, 0.5) is 5.69 Å². The van der Waals surface area contributed by atoms with Crippen LogP contribution in [0.2, 0.25) is 0 Å². The van der Waals surface area contributed by atoms with Crippen LogP contribution in [0.15, 0.2) is 18.2 Å². The molecule has 3 heterocycles. The summed E-state index contributed by atoms with van der Waals surface area (Å²) in [6.07, 6.45) is 2.12. The van der Waals surface area contributed by atoms with E-state index in [1.807, 2.05) is 27.0 Å². The molecule has 1 fully saturated rings. The molecule has 7 heteroatoms. The van der Waals surface area contributed by atoms with Crippen molar-refractivity contribution in [1.29, 1.82) is 0 Å². The van der Waals surface area contributed by atoms with Gasteiger partial charge in [-0.1, -0.05) is 6.07 Å². The highest BCUT2D eigenvalue weighted by Crippen LogP contribution is 2.38. The second-order valence-electron chi connectivity index (χ2n) is 7.25. The number of hydrogen-bond acceptors (Lipinski definition) is 5. The SMILES string of the molecule is Cc1nn(C)c(C)c1NC(=O)CN1CCC[C@H]1c1ccc2c(c1)OCCO2. The van der Waals surface area contributed by atoms with E-state index < -0.39 is 0 Å². The summed E-state index contributed by atoms with van der Waals surface area (Å²) >= 11 is 0. The lowest BCUT2D eigenvalue weighted by Gasteiger charge is -2.26. The normalized spacial score (nSPS) is 19.3. The summed E-state index contributed by atoms with van der Waals surface area (Å²) in [5.41, 5.74) is 3.80. The molecule has 0 spiro atoms. The standard InChI is InChI=1S/C20H26N4O3/c1-13-20(14(2)23(3)22-13)21-19(25)12-24-8-4-5-16(24)15-6-7-17-18(11-15)27-10-9-26-17/h6-7,11,16H,4-5,8-10,12H2,1-3H3,(H,21,25)/t16-/m0/s1. The van der Waals surface area contributed by atoms with E-state index in [1.165, 1.54) is 5.56 Å². The number of rotatable bonds is 4.